The molecular formula is C54H34N4. The molecule has 0 fully saturated rings. The number of para-hydroxylation sites is 4. The summed E-state index contributed by atoms with van der Waals surface area (Å²) in [6, 6.07) is 73.8. The van der Waals surface area contributed by atoms with Crippen LogP contribution in [-0.2, 0) is 0 Å². The third kappa shape index (κ3) is 5.02. The second-order valence-corrected chi connectivity index (χ2v) is 15.0. The topological polar surface area (TPSA) is 35.1 Å². The van der Waals surface area contributed by atoms with E-state index < -0.39 is 0 Å². The molecule has 0 bridgehead atoms. The van der Waals surface area contributed by atoms with Gasteiger partial charge < -0.3 is 0 Å². The zero-order valence-corrected chi connectivity index (χ0v) is 31.4. The Morgan fingerprint density at radius 1 is 0.328 bits per heavy atom. The minimum absolute atomic E-state index is 0.860. The molecule has 0 saturated carbocycles. The van der Waals surface area contributed by atoms with Crippen molar-refractivity contribution >= 4 is 60.2 Å². The maximum Gasteiger partial charge on any atom is 0.146 e. The summed E-state index contributed by atoms with van der Waals surface area (Å²) >= 11 is 0. The summed E-state index contributed by atoms with van der Waals surface area (Å²) in [5, 5.41) is 5.81. The smallest absolute Gasteiger partial charge is 0.146 e. The molecule has 0 aliphatic heterocycles. The van der Waals surface area contributed by atoms with Crippen molar-refractivity contribution < 1.29 is 0 Å². The van der Waals surface area contributed by atoms with Gasteiger partial charge in [-0.2, -0.15) is 0 Å². The minimum atomic E-state index is 0.860. The molecule has 0 unspecified atom stereocenters. The predicted molar refractivity (Wildman–Crippen MR) is 242 cm³/mol. The highest BCUT2D eigenvalue weighted by Crippen LogP contribution is 2.42. The summed E-state index contributed by atoms with van der Waals surface area (Å²) in [6.07, 6.45) is 0. The highest BCUT2D eigenvalue weighted by molar-refractivity contribution is 6.28. The van der Waals surface area contributed by atoms with Crippen LogP contribution in [-0.4, -0.2) is 18.9 Å². The van der Waals surface area contributed by atoms with Gasteiger partial charge in [0.1, 0.15) is 11.5 Å². The predicted octanol–water partition coefficient (Wildman–Crippen LogP) is 14.0. The van der Waals surface area contributed by atoms with Gasteiger partial charge in [-0.3, -0.25) is 8.97 Å². The van der Waals surface area contributed by atoms with Gasteiger partial charge in [0.25, 0.3) is 0 Å². The molecule has 4 heteroatoms. The summed E-state index contributed by atoms with van der Waals surface area (Å²) < 4.78 is 4.72. The summed E-state index contributed by atoms with van der Waals surface area (Å²) in [5.74, 6) is 0.860. The van der Waals surface area contributed by atoms with Crippen LogP contribution in [0.15, 0.2) is 206 Å². The van der Waals surface area contributed by atoms with E-state index in [0.717, 1.165) is 77.8 Å². The Kier molecular flexibility index (Phi) is 7.20. The Labute approximate surface area is 334 Å². The fraction of sp³-hybridized carbons (Fsp3) is 0. The SMILES string of the molecule is c1ccc(-c2cccc(-c3cc(-c4cccc(-c5ccccc5)c4)nc(-n4c5ccccc5c5ccc6c(c7ccccc7n7c8ccccc8nc67)c54)c3)c2)cc1. The first-order valence-corrected chi connectivity index (χ1v) is 19.7. The van der Waals surface area contributed by atoms with Gasteiger partial charge in [0.2, 0.25) is 0 Å². The van der Waals surface area contributed by atoms with Gasteiger partial charge in [0, 0.05) is 32.5 Å². The summed E-state index contributed by atoms with van der Waals surface area (Å²) in [5.41, 5.74) is 15.3. The van der Waals surface area contributed by atoms with Gasteiger partial charge in [-0.1, -0.05) is 152 Å². The molecule has 12 aromatic rings. The third-order valence-electron chi connectivity index (χ3n) is 11.7. The van der Waals surface area contributed by atoms with Crippen molar-refractivity contribution in [3.8, 4) is 50.5 Å². The van der Waals surface area contributed by atoms with Crippen molar-refractivity contribution in [2.45, 2.75) is 0 Å². The van der Waals surface area contributed by atoms with Gasteiger partial charge in [0.05, 0.1) is 33.3 Å². The first-order chi connectivity index (χ1) is 28.8. The van der Waals surface area contributed by atoms with E-state index in [-0.39, 0.29) is 0 Å². The number of imidazole rings is 1. The van der Waals surface area contributed by atoms with E-state index in [1.165, 1.54) is 32.8 Å². The van der Waals surface area contributed by atoms with Crippen molar-refractivity contribution in [1.29, 1.82) is 0 Å². The molecule has 4 aromatic heterocycles. The van der Waals surface area contributed by atoms with Crippen molar-refractivity contribution in [2.75, 3.05) is 0 Å². The van der Waals surface area contributed by atoms with Crippen molar-refractivity contribution in [3.63, 3.8) is 0 Å². The molecule has 0 amide bonds. The second kappa shape index (κ2) is 12.9. The van der Waals surface area contributed by atoms with Gasteiger partial charge in [-0.15, -0.1) is 0 Å². The number of aromatic nitrogens is 4. The number of fused-ring (bicyclic) bond motifs is 12. The maximum absolute atomic E-state index is 5.61. The molecule has 58 heavy (non-hydrogen) atoms. The van der Waals surface area contributed by atoms with E-state index in [1.54, 1.807) is 0 Å². The van der Waals surface area contributed by atoms with E-state index in [9.17, 15) is 0 Å². The van der Waals surface area contributed by atoms with Gasteiger partial charge >= 0.3 is 0 Å². The highest BCUT2D eigenvalue weighted by atomic mass is 15.1. The normalized spacial score (nSPS) is 11.8. The Bertz CT molecular complexity index is 3460. The fourth-order valence-corrected chi connectivity index (χ4v) is 9.03. The molecule has 0 radical (unpaired) electrons. The maximum atomic E-state index is 5.61. The van der Waals surface area contributed by atoms with Crippen molar-refractivity contribution in [1.82, 2.24) is 18.9 Å². The van der Waals surface area contributed by atoms with Crippen molar-refractivity contribution in [2.24, 2.45) is 0 Å². The number of rotatable bonds is 5. The lowest BCUT2D eigenvalue weighted by Crippen LogP contribution is -2.01. The molecule has 0 aliphatic carbocycles. The Morgan fingerprint density at radius 3 is 1.62 bits per heavy atom. The number of benzene rings is 8. The zero-order valence-electron chi connectivity index (χ0n) is 31.4. The average Bonchev–Trinajstić information content (AvgIpc) is 3.86. The Balaban J connectivity index is 1.20. The van der Waals surface area contributed by atoms with Gasteiger partial charge in [-0.25, -0.2) is 9.97 Å². The highest BCUT2D eigenvalue weighted by Gasteiger charge is 2.22. The van der Waals surface area contributed by atoms with Crippen LogP contribution in [0.25, 0.3) is 111 Å². The van der Waals surface area contributed by atoms with Crippen LogP contribution in [0.2, 0.25) is 0 Å². The second-order valence-electron chi connectivity index (χ2n) is 15.0. The molecule has 8 aromatic carbocycles. The van der Waals surface area contributed by atoms with E-state index in [4.69, 9.17) is 9.97 Å². The van der Waals surface area contributed by atoms with Crippen LogP contribution < -0.4 is 0 Å². The quantitative estimate of drug-likeness (QED) is 0.165. The molecule has 0 aliphatic rings. The summed E-state index contributed by atoms with van der Waals surface area (Å²) in [6.45, 7) is 0. The first kappa shape index (κ1) is 32.4. The van der Waals surface area contributed by atoms with Crippen LogP contribution in [0.4, 0.5) is 0 Å². The lowest BCUT2D eigenvalue weighted by Gasteiger charge is -2.16. The molecule has 270 valence electrons. The van der Waals surface area contributed by atoms with E-state index in [0.29, 0.717) is 0 Å². The van der Waals surface area contributed by atoms with Crippen molar-refractivity contribution in [3.05, 3.63) is 206 Å². The molecule has 4 heterocycles. The van der Waals surface area contributed by atoms with Crippen LogP contribution in [0.3, 0.4) is 0 Å². The van der Waals surface area contributed by atoms with Gasteiger partial charge in [-0.05, 0) is 88.0 Å². The third-order valence-corrected chi connectivity index (χ3v) is 11.7. The first-order valence-electron chi connectivity index (χ1n) is 19.7. The molecule has 0 N–H and O–H groups in total. The lowest BCUT2D eigenvalue weighted by atomic mass is 9.97. The molecule has 0 spiro atoms. The standard InChI is InChI=1S/C54H34N4/c1-3-15-35(16-4-1)37-19-13-21-39(31-37)41-33-47(40-22-14-20-38(32-40)36-17-5-2-6-18-36)55-51(34-41)58-48-26-10-7-23-42(48)43-29-30-45-52(53(43)58)44-24-8-11-27-49(44)57-50-28-12-9-25-46(50)56-54(45)57/h1-34H. The average molecular weight is 739 g/mol. The van der Waals surface area contributed by atoms with Crippen LogP contribution in [0.1, 0.15) is 0 Å². The van der Waals surface area contributed by atoms with E-state index >= 15 is 0 Å². The summed E-state index contributed by atoms with van der Waals surface area (Å²) in [7, 11) is 0. The lowest BCUT2D eigenvalue weighted by molar-refractivity contribution is 1.09. The molecule has 4 nitrogen and oxygen atoms in total. The van der Waals surface area contributed by atoms with E-state index in [1.807, 2.05) is 0 Å². The van der Waals surface area contributed by atoms with Crippen LogP contribution in [0.5, 0.6) is 0 Å². The number of hydrogen-bond acceptors (Lipinski definition) is 2. The Morgan fingerprint density at radius 2 is 0.879 bits per heavy atom. The zero-order chi connectivity index (χ0) is 38.2. The number of nitrogens with zero attached hydrogens (tertiary/aromatic N) is 4. The largest absolute Gasteiger partial charge is 0.293 e. The van der Waals surface area contributed by atoms with Crippen LogP contribution >= 0.6 is 0 Å². The minimum Gasteiger partial charge on any atom is -0.293 e. The fourth-order valence-electron chi connectivity index (χ4n) is 9.03. The van der Waals surface area contributed by atoms with E-state index in [2.05, 4.69) is 215 Å². The number of pyridine rings is 2. The molecule has 0 saturated heterocycles. The monoisotopic (exact) mass is 738 g/mol. The molecule has 0 atom stereocenters. The summed E-state index contributed by atoms with van der Waals surface area (Å²) in [4.78, 5) is 10.9. The molecule has 12 rings (SSSR count). The van der Waals surface area contributed by atoms with Gasteiger partial charge in [0.15, 0.2) is 0 Å². The molecular weight excluding hydrogens is 705 g/mol. The van der Waals surface area contributed by atoms with Crippen LogP contribution in [0, 0.1) is 0 Å². The number of hydrogen-bond donors (Lipinski definition) is 0. The Hall–Kier alpha value is -7.82.